The van der Waals surface area contributed by atoms with E-state index >= 15 is 0 Å². The quantitative estimate of drug-likeness (QED) is 0.542. The van der Waals surface area contributed by atoms with E-state index in [0.717, 1.165) is 5.69 Å². The molecule has 10 heteroatoms. The molecule has 5 rings (SSSR count). The normalized spacial score (nSPS) is 17.3. The average Bonchev–Trinajstić information content (AvgIpc) is 2.79. The van der Waals surface area contributed by atoms with Gasteiger partial charge in [0.15, 0.2) is 5.16 Å². The van der Waals surface area contributed by atoms with Gasteiger partial charge in [-0.1, -0.05) is 59.2 Å². The fraction of sp³-hybridized carbons (Fsp3) is 0.136. The molecule has 0 saturated carbocycles. The zero-order valence-electron chi connectivity index (χ0n) is 16.5. The van der Waals surface area contributed by atoms with Crippen molar-refractivity contribution in [3.05, 3.63) is 91.5 Å². The monoisotopic (exact) mass is 483 g/mol. The number of allylic oxidation sites excluding steroid dienone is 1. The number of fused-ring (bicyclic) bond motifs is 2. The van der Waals surface area contributed by atoms with Crippen LogP contribution in [0.3, 0.4) is 0 Å². The predicted octanol–water partition coefficient (Wildman–Crippen LogP) is 4.30. The molecule has 2 N–H and O–H groups in total. The van der Waals surface area contributed by atoms with Crippen LogP contribution in [-0.4, -0.2) is 15.4 Å². The maximum absolute atomic E-state index is 13.7. The number of nitrogens with two attached hydrogens (primary N) is 1. The molecule has 160 valence electrons. The molecule has 32 heavy (non-hydrogen) atoms. The molecule has 0 amide bonds. The fourth-order valence-corrected chi connectivity index (χ4v) is 5.31. The van der Waals surface area contributed by atoms with Crippen molar-refractivity contribution >= 4 is 40.7 Å². The highest BCUT2D eigenvalue weighted by atomic mass is 35.5. The molecule has 0 fully saturated rings. The molecule has 0 spiro atoms. The summed E-state index contributed by atoms with van der Waals surface area (Å²) >= 11 is 13.9. The molecule has 0 saturated heterocycles. The van der Waals surface area contributed by atoms with E-state index in [1.807, 2.05) is 30.3 Å². The first kappa shape index (κ1) is 20.8. The van der Waals surface area contributed by atoms with Crippen molar-refractivity contribution in [2.45, 2.75) is 17.7 Å². The van der Waals surface area contributed by atoms with Gasteiger partial charge in [0.2, 0.25) is 11.8 Å². The van der Waals surface area contributed by atoms with Gasteiger partial charge in [0, 0.05) is 15.7 Å². The maximum Gasteiger partial charge on any atom is 0.263 e. The SMILES string of the molecule is N#CC1=C(N)Oc2nc3n(c(=O)c2C1c1ccc(Cl)cc1Cl)CN(c1ccccc1)CS3. The van der Waals surface area contributed by atoms with Crippen LogP contribution in [0.5, 0.6) is 5.88 Å². The van der Waals surface area contributed by atoms with Crippen LogP contribution in [0.4, 0.5) is 5.69 Å². The van der Waals surface area contributed by atoms with E-state index in [2.05, 4.69) is 16.0 Å². The maximum atomic E-state index is 13.7. The molecular formula is C22H15Cl2N5O2S. The lowest BCUT2D eigenvalue weighted by Crippen LogP contribution is -2.40. The van der Waals surface area contributed by atoms with Crippen LogP contribution in [0.1, 0.15) is 17.0 Å². The van der Waals surface area contributed by atoms with Crippen molar-refractivity contribution in [1.82, 2.24) is 9.55 Å². The minimum Gasteiger partial charge on any atom is -0.422 e. The Morgan fingerprint density at radius 1 is 1.22 bits per heavy atom. The Hall–Kier alpha value is -3.12. The average molecular weight is 484 g/mol. The van der Waals surface area contributed by atoms with Crippen molar-refractivity contribution in [3.8, 4) is 11.9 Å². The molecule has 0 aliphatic carbocycles. The number of anilines is 1. The summed E-state index contributed by atoms with van der Waals surface area (Å²) in [4.78, 5) is 20.4. The van der Waals surface area contributed by atoms with E-state index in [1.165, 1.54) is 11.8 Å². The summed E-state index contributed by atoms with van der Waals surface area (Å²) < 4.78 is 7.20. The third-order valence-electron chi connectivity index (χ3n) is 5.36. The van der Waals surface area contributed by atoms with Gasteiger partial charge in [-0.3, -0.25) is 9.36 Å². The number of thioether (sulfide) groups is 1. The van der Waals surface area contributed by atoms with Crippen LogP contribution in [-0.2, 0) is 6.67 Å². The van der Waals surface area contributed by atoms with Gasteiger partial charge in [-0.25, -0.2) is 0 Å². The Morgan fingerprint density at radius 2 is 2.00 bits per heavy atom. The second-order valence-electron chi connectivity index (χ2n) is 7.23. The predicted molar refractivity (Wildman–Crippen MR) is 124 cm³/mol. The molecule has 3 heterocycles. The van der Waals surface area contributed by atoms with Crippen molar-refractivity contribution in [2.24, 2.45) is 5.73 Å². The highest BCUT2D eigenvalue weighted by Gasteiger charge is 2.37. The molecule has 0 bridgehead atoms. The lowest BCUT2D eigenvalue weighted by atomic mass is 9.85. The van der Waals surface area contributed by atoms with Gasteiger partial charge in [-0.15, -0.1) is 0 Å². The van der Waals surface area contributed by atoms with E-state index in [-0.39, 0.29) is 28.5 Å². The topological polar surface area (TPSA) is 97.2 Å². The lowest BCUT2D eigenvalue weighted by molar-refractivity contribution is 0.361. The van der Waals surface area contributed by atoms with Crippen molar-refractivity contribution in [2.75, 3.05) is 10.8 Å². The van der Waals surface area contributed by atoms with Gasteiger partial charge in [0.25, 0.3) is 5.56 Å². The Morgan fingerprint density at radius 3 is 2.72 bits per heavy atom. The van der Waals surface area contributed by atoms with Crippen LogP contribution in [0, 0.1) is 11.3 Å². The Labute approximate surface area is 197 Å². The third-order valence-corrected chi connectivity index (χ3v) is 6.93. The number of para-hydroxylation sites is 1. The number of hydrogen-bond donors (Lipinski definition) is 1. The molecule has 7 nitrogen and oxygen atoms in total. The molecule has 1 unspecified atom stereocenters. The Kier molecular flexibility index (Phi) is 5.25. The summed E-state index contributed by atoms with van der Waals surface area (Å²) in [6.45, 7) is 0.313. The largest absolute Gasteiger partial charge is 0.422 e. The summed E-state index contributed by atoms with van der Waals surface area (Å²) in [5, 5.41) is 11.1. The molecule has 3 aromatic rings. The number of halogens is 2. The van der Waals surface area contributed by atoms with Crippen molar-refractivity contribution < 1.29 is 4.74 Å². The minimum absolute atomic E-state index is 0.0921. The molecule has 2 aliphatic heterocycles. The Bertz CT molecular complexity index is 1370. The molecular weight excluding hydrogens is 469 g/mol. The first-order valence-electron chi connectivity index (χ1n) is 9.58. The minimum atomic E-state index is -0.816. The van der Waals surface area contributed by atoms with Crippen molar-refractivity contribution in [3.63, 3.8) is 0 Å². The smallest absolute Gasteiger partial charge is 0.263 e. The summed E-state index contributed by atoms with van der Waals surface area (Å²) in [5.41, 5.74) is 7.57. The van der Waals surface area contributed by atoms with Crippen LogP contribution in [0.2, 0.25) is 10.0 Å². The van der Waals surface area contributed by atoms with E-state index in [4.69, 9.17) is 33.7 Å². The number of aromatic nitrogens is 2. The van der Waals surface area contributed by atoms with E-state index in [0.29, 0.717) is 33.3 Å². The number of hydrogen-bond acceptors (Lipinski definition) is 7. The number of ether oxygens (including phenoxy) is 1. The second-order valence-corrected chi connectivity index (χ2v) is 8.98. The first-order chi connectivity index (χ1) is 15.5. The van der Waals surface area contributed by atoms with Gasteiger partial charge in [0.1, 0.15) is 18.3 Å². The van der Waals surface area contributed by atoms with Gasteiger partial charge in [-0.05, 0) is 29.8 Å². The zero-order valence-corrected chi connectivity index (χ0v) is 18.8. The van der Waals surface area contributed by atoms with E-state index in [9.17, 15) is 10.1 Å². The summed E-state index contributed by atoms with van der Waals surface area (Å²) in [7, 11) is 0. The Balaban J connectivity index is 1.68. The van der Waals surface area contributed by atoms with Gasteiger partial charge >= 0.3 is 0 Å². The second kappa shape index (κ2) is 8.10. The fourth-order valence-electron chi connectivity index (χ4n) is 3.85. The van der Waals surface area contributed by atoms with Crippen molar-refractivity contribution in [1.29, 1.82) is 5.26 Å². The van der Waals surface area contributed by atoms with Crippen LogP contribution in [0.25, 0.3) is 0 Å². The van der Waals surface area contributed by atoms with Gasteiger partial charge in [-0.2, -0.15) is 10.2 Å². The zero-order chi connectivity index (χ0) is 22.4. The highest BCUT2D eigenvalue weighted by Crippen LogP contribution is 2.43. The van der Waals surface area contributed by atoms with Crippen LogP contribution < -0.4 is 20.9 Å². The standard InChI is InChI=1S/C22H15Cl2N5O2S/c23-12-6-7-14(16(24)8-12)17-15(9-25)19(26)31-20-18(17)21(30)29-10-28(11-32-22(29)27-20)13-4-2-1-3-5-13/h1-8,17H,10-11,26H2. The van der Waals surface area contributed by atoms with E-state index in [1.54, 1.807) is 22.8 Å². The first-order valence-corrected chi connectivity index (χ1v) is 11.3. The highest BCUT2D eigenvalue weighted by molar-refractivity contribution is 7.99. The molecule has 0 radical (unpaired) electrons. The number of nitrogens with zero attached hydrogens (tertiary/aromatic N) is 4. The summed E-state index contributed by atoms with van der Waals surface area (Å²) in [6.07, 6.45) is 0. The van der Waals surface area contributed by atoms with Gasteiger partial charge < -0.3 is 15.4 Å². The number of rotatable bonds is 2. The molecule has 1 aromatic heterocycles. The van der Waals surface area contributed by atoms with Crippen LogP contribution in [0.15, 0.2) is 69.9 Å². The summed E-state index contributed by atoms with van der Waals surface area (Å²) in [5.74, 6) is -0.200. The summed E-state index contributed by atoms with van der Waals surface area (Å²) in [6, 6.07) is 16.8. The molecule has 2 aromatic carbocycles. The van der Waals surface area contributed by atoms with Crippen LogP contribution >= 0.6 is 35.0 Å². The molecule has 2 aliphatic rings. The number of benzene rings is 2. The lowest BCUT2D eigenvalue weighted by Gasteiger charge is -2.33. The number of nitriles is 1. The third kappa shape index (κ3) is 3.39. The van der Waals surface area contributed by atoms with Gasteiger partial charge in [0.05, 0.1) is 17.4 Å². The molecule has 1 atom stereocenters. The van der Waals surface area contributed by atoms with E-state index < -0.39 is 5.92 Å².